The number of halogens is 1. The molecule has 0 radical (unpaired) electrons. The van der Waals surface area contributed by atoms with Gasteiger partial charge in [-0.1, -0.05) is 6.92 Å². The Balaban J connectivity index is 2.40. The third-order valence-corrected chi connectivity index (χ3v) is 3.01. The summed E-state index contributed by atoms with van der Waals surface area (Å²) in [5.41, 5.74) is 7.54. The van der Waals surface area contributed by atoms with Gasteiger partial charge in [-0.3, -0.25) is 0 Å². The molecule has 0 bridgehead atoms. The molecule has 0 unspecified atom stereocenters. The smallest absolute Gasteiger partial charge is 0.134 e. The molecule has 0 spiro atoms. The van der Waals surface area contributed by atoms with Gasteiger partial charge in [-0.15, -0.1) is 0 Å². The van der Waals surface area contributed by atoms with Crippen LogP contribution in [0.25, 0.3) is 11.3 Å². The zero-order valence-corrected chi connectivity index (χ0v) is 10.0. The fourth-order valence-electron chi connectivity index (χ4n) is 1.42. The molecule has 2 aromatic rings. The van der Waals surface area contributed by atoms with E-state index in [0.717, 1.165) is 33.7 Å². The van der Waals surface area contributed by atoms with E-state index in [0.29, 0.717) is 0 Å². The Morgan fingerprint density at radius 3 is 2.67 bits per heavy atom. The topological polar surface area (TPSA) is 39.2 Å². The zero-order valence-electron chi connectivity index (χ0n) is 8.46. The summed E-state index contributed by atoms with van der Waals surface area (Å²) in [6.07, 6.45) is 0.909. The number of aryl methyl sites for hydroxylation is 1. The summed E-state index contributed by atoms with van der Waals surface area (Å²) < 4.78 is 6.55. The van der Waals surface area contributed by atoms with E-state index in [9.17, 15) is 0 Å². The molecular weight excluding hydrogens is 254 g/mol. The maximum Gasteiger partial charge on any atom is 0.134 e. The Kier molecular flexibility index (Phi) is 2.82. The number of rotatable bonds is 2. The number of hydrogen-bond acceptors (Lipinski definition) is 2. The molecule has 0 atom stereocenters. The standard InChI is InChI=1S/C12H12BrNO/c1-2-9-4-6-12(15-9)8-3-5-10(13)11(14)7-8/h3-7H,2,14H2,1H3. The van der Waals surface area contributed by atoms with E-state index in [1.165, 1.54) is 0 Å². The SMILES string of the molecule is CCc1ccc(-c2ccc(Br)c(N)c2)o1. The maximum atomic E-state index is 5.81. The molecule has 3 heteroatoms. The van der Waals surface area contributed by atoms with E-state index in [1.807, 2.05) is 30.3 Å². The molecule has 1 aromatic carbocycles. The summed E-state index contributed by atoms with van der Waals surface area (Å²) in [6.45, 7) is 2.07. The molecule has 1 aromatic heterocycles. The van der Waals surface area contributed by atoms with E-state index in [1.54, 1.807) is 0 Å². The minimum atomic E-state index is 0.724. The first-order valence-corrected chi connectivity index (χ1v) is 5.64. The van der Waals surface area contributed by atoms with Crippen LogP contribution in [0.5, 0.6) is 0 Å². The summed E-state index contributed by atoms with van der Waals surface area (Å²) in [5, 5.41) is 0. The lowest BCUT2D eigenvalue weighted by atomic mass is 10.1. The lowest BCUT2D eigenvalue weighted by Crippen LogP contribution is -1.86. The van der Waals surface area contributed by atoms with Gasteiger partial charge in [-0.05, 0) is 46.3 Å². The Morgan fingerprint density at radius 2 is 2.07 bits per heavy atom. The number of nitrogen functional groups attached to an aromatic ring is 1. The molecule has 0 fully saturated rings. The van der Waals surface area contributed by atoms with Crippen LogP contribution in [-0.4, -0.2) is 0 Å². The van der Waals surface area contributed by atoms with Gasteiger partial charge >= 0.3 is 0 Å². The Hall–Kier alpha value is -1.22. The minimum absolute atomic E-state index is 0.724. The van der Waals surface area contributed by atoms with Crippen molar-refractivity contribution in [1.29, 1.82) is 0 Å². The van der Waals surface area contributed by atoms with Gasteiger partial charge in [-0.2, -0.15) is 0 Å². The summed E-state index contributed by atoms with van der Waals surface area (Å²) >= 11 is 3.37. The van der Waals surface area contributed by atoms with E-state index in [2.05, 4.69) is 22.9 Å². The molecular formula is C12H12BrNO. The van der Waals surface area contributed by atoms with Crippen molar-refractivity contribution in [2.45, 2.75) is 13.3 Å². The second kappa shape index (κ2) is 4.11. The van der Waals surface area contributed by atoms with Crippen LogP contribution in [-0.2, 0) is 6.42 Å². The molecule has 0 saturated carbocycles. The van der Waals surface area contributed by atoms with Gasteiger partial charge in [0.1, 0.15) is 11.5 Å². The van der Waals surface area contributed by atoms with Gasteiger partial charge in [0, 0.05) is 22.1 Å². The number of nitrogens with two attached hydrogens (primary N) is 1. The average molecular weight is 266 g/mol. The van der Waals surface area contributed by atoms with E-state index >= 15 is 0 Å². The normalized spacial score (nSPS) is 10.5. The van der Waals surface area contributed by atoms with Gasteiger partial charge in [0.05, 0.1) is 0 Å². The first-order valence-electron chi connectivity index (χ1n) is 4.85. The van der Waals surface area contributed by atoms with Gasteiger partial charge in [0.25, 0.3) is 0 Å². The van der Waals surface area contributed by atoms with Crippen LogP contribution in [0, 0.1) is 0 Å². The molecule has 0 amide bonds. The van der Waals surface area contributed by atoms with E-state index in [-0.39, 0.29) is 0 Å². The second-order valence-electron chi connectivity index (χ2n) is 3.36. The monoisotopic (exact) mass is 265 g/mol. The predicted molar refractivity (Wildman–Crippen MR) is 65.6 cm³/mol. The molecule has 2 nitrogen and oxygen atoms in total. The van der Waals surface area contributed by atoms with Crippen LogP contribution >= 0.6 is 15.9 Å². The number of hydrogen-bond donors (Lipinski definition) is 1. The third-order valence-electron chi connectivity index (χ3n) is 2.29. The molecule has 0 aliphatic heterocycles. The van der Waals surface area contributed by atoms with Crippen molar-refractivity contribution < 1.29 is 4.42 Å². The van der Waals surface area contributed by atoms with Crippen LogP contribution in [0.3, 0.4) is 0 Å². The summed E-state index contributed by atoms with van der Waals surface area (Å²) in [5.74, 6) is 1.86. The number of anilines is 1. The highest BCUT2D eigenvalue weighted by atomic mass is 79.9. The first-order chi connectivity index (χ1) is 7.20. The number of benzene rings is 1. The molecule has 0 aliphatic rings. The Labute approximate surface area is 97.2 Å². The summed E-state index contributed by atoms with van der Waals surface area (Å²) in [6, 6.07) is 9.79. The highest BCUT2D eigenvalue weighted by Crippen LogP contribution is 2.28. The molecule has 15 heavy (non-hydrogen) atoms. The van der Waals surface area contributed by atoms with Gasteiger partial charge in [0.2, 0.25) is 0 Å². The van der Waals surface area contributed by atoms with Crippen molar-refractivity contribution in [1.82, 2.24) is 0 Å². The van der Waals surface area contributed by atoms with Crippen LogP contribution < -0.4 is 5.73 Å². The van der Waals surface area contributed by atoms with Crippen LogP contribution in [0.4, 0.5) is 5.69 Å². The summed E-state index contributed by atoms with van der Waals surface area (Å²) in [4.78, 5) is 0. The van der Waals surface area contributed by atoms with Crippen molar-refractivity contribution >= 4 is 21.6 Å². The molecule has 0 aliphatic carbocycles. The van der Waals surface area contributed by atoms with Crippen molar-refractivity contribution in [3.63, 3.8) is 0 Å². The van der Waals surface area contributed by atoms with Crippen LogP contribution in [0.1, 0.15) is 12.7 Å². The molecule has 2 rings (SSSR count). The lowest BCUT2D eigenvalue weighted by molar-refractivity contribution is 0.529. The Morgan fingerprint density at radius 1 is 1.27 bits per heavy atom. The fourth-order valence-corrected chi connectivity index (χ4v) is 1.67. The molecule has 1 heterocycles. The van der Waals surface area contributed by atoms with Crippen molar-refractivity contribution in [2.24, 2.45) is 0 Å². The van der Waals surface area contributed by atoms with E-state index < -0.39 is 0 Å². The number of furan rings is 1. The lowest BCUT2D eigenvalue weighted by Gasteiger charge is -2.01. The maximum absolute atomic E-state index is 5.81. The largest absolute Gasteiger partial charge is 0.461 e. The Bertz CT molecular complexity index is 476. The van der Waals surface area contributed by atoms with Crippen LogP contribution in [0.15, 0.2) is 39.2 Å². The molecule has 2 N–H and O–H groups in total. The zero-order chi connectivity index (χ0) is 10.8. The van der Waals surface area contributed by atoms with Crippen molar-refractivity contribution in [3.8, 4) is 11.3 Å². The highest BCUT2D eigenvalue weighted by molar-refractivity contribution is 9.10. The van der Waals surface area contributed by atoms with Crippen molar-refractivity contribution in [2.75, 3.05) is 5.73 Å². The van der Waals surface area contributed by atoms with E-state index in [4.69, 9.17) is 10.2 Å². The second-order valence-corrected chi connectivity index (χ2v) is 4.21. The predicted octanol–water partition coefficient (Wildman–Crippen LogP) is 3.85. The molecule has 0 saturated heterocycles. The highest BCUT2D eigenvalue weighted by Gasteiger charge is 2.05. The van der Waals surface area contributed by atoms with Gasteiger partial charge in [-0.25, -0.2) is 0 Å². The average Bonchev–Trinajstić information content (AvgIpc) is 2.70. The third kappa shape index (κ3) is 2.07. The quantitative estimate of drug-likeness (QED) is 0.838. The first kappa shape index (κ1) is 10.3. The van der Waals surface area contributed by atoms with Crippen LogP contribution in [0.2, 0.25) is 0 Å². The molecule has 78 valence electrons. The van der Waals surface area contributed by atoms with Gasteiger partial charge in [0.15, 0.2) is 0 Å². The fraction of sp³-hybridized carbons (Fsp3) is 0.167. The van der Waals surface area contributed by atoms with Gasteiger partial charge < -0.3 is 10.2 Å². The van der Waals surface area contributed by atoms with Crippen molar-refractivity contribution in [3.05, 3.63) is 40.6 Å². The minimum Gasteiger partial charge on any atom is -0.461 e. The summed E-state index contributed by atoms with van der Waals surface area (Å²) in [7, 11) is 0.